The van der Waals surface area contributed by atoms with Crippen molar-refractivity contribution < 1.29 is 4.92 Å². The van der Waals surface area contributed by atoms with Gasteiger partial charge in [-0.3, -0.25) is 10.1 Å². The molecule has 0 spiro atoms. The Morgan fingerprint density at radius 3 is 2.75 bits per heavy atom. The molecular formula is C16H21IN4O2S. The first-order valence-corrected chi connectivity index (χ1v) is 8.26. The zero-order valence-electron chi connectivity index (χ0n) is 13.6. The van der Waals surface area contributed by atoms with Crippen LogP contribution in [0.15, 0.2) is 40.7 Å². The van der Waals surface area contributed by atoms with Gasteiger partial charge < -0.3 is 10.6 Å². The van der Waals surface area contributed by atoms with Gasteiger partial charge in [0.15, 0.2) is 5.96 Å². The minimum absolute atomic E-state index is 0. The number of thiophene rings is 1. The molecule has 0 aliphatic heterocycles. The second-order valence-corrected chi connectivity index (χ2v) is 6.00. The van der Waals surface area contributed by atoms with Gasteiger partial charge in [0.2, 0.25) is 0 Å². The predicted molar refractivity (Wildman–Crippen MR) is 109 cm³/mol. The minimum Gasteiger partial charge on any atom is -0.357 e. The second kappa shape index (κ2) is 10.2. The average Bonchev–Trinajstić information content (AvgIpc) is 2.95. The third-order valence-corrected chi connectivity index (χ3v) is 4.29. The van der Waals surface area contributed by atoms with E-state index in [-0.39, 0.29) is 29.7 Å². The molecule has 1 aromatic carbocycles. The summed E-state index contributed by atoms with van der Waals surface area (Å²) in [5.41, 5.74) is 2.16. The zero-order chi connectivity index (χ0) is 16.7. The summed E-state index contributed by atoms with van der Waals surface area (Å²) >= 11 is 1.71. The summed E-state index contributed by atoms with van der Waals surface area (Å²) in [5, 5.41) is 19.3. The Hall–Kier alpha value is -1.68. The molecule has 1 heterocycles. The number of hydrogen-bond acceptors (Lipinski definition) is 4. The summed E-state index contributed by atoms with van der Waals surface area (Å²) in [6, 6.07) is 8.64. The maximum atomic E-state index is 10.8. The second-order valence-electron chi connectivity index (χ2n) is 5.00. The van der Waals surface area contributed by atoms with E-state index in [4.69, 9.17) is 0 Å². The van der Waals surface area contributed by atoms with Crippen molar-refractivity contribution in [3.05, 3.63) is 61.8 Å². The highest BCUT2D eigenvalue weighted by molar-refractivity contribution is 14.0. The largest absolute Gasteiger partial charge is 0.357 e. The van der Waals surface area contributed by atoms with Crippen molar-refractivity contribution in [2.45, 2.75) is 26.9 Å². The number of nitro benzene ring substituents is 1. The molecule has 0 amide bonds. The Kier molecular flexibility index (Phi) is 8.69. The highest BCUT2D eigenvalue weighted by Crippen LogP contribution is 2.15. The molecule has 0 saturated heterocycles. The van der Waals surface area contributed by atoms with Crippen LogP contribution in [0.5, 0.6) is 0 Å². The van der Waals surface area contributed by atoms with Crippen molar-refractivity contribution >= 4 is 47.0 Å². The number of rotatable bonds is 6. The summed E-state index contributed by atoms with van der Waals surface area (Å²) in [6.45, 7) is 5.94. The molecule has 130 valence electrons. The molecule has 2 rings (SSSR count). The topological polar surface area (TPSA) is 79.6 Å². The van der Waals surface area contributed by atoms with Crippen molar-refractivity contribution in [3.8, 4) is 0 Å². The molecular weight excluding hydrogens is 439 g/mol. The molecule has 0 bridgehead atoms. The van der Waals surface area contributed by atoms with Crippen LogP contribution in [0.1, 0.15) is 22.9 Å². The summed E-state index contributed by atoms with van der Waals surface area (Å²) in [5.74, 6) is 0.701. The van der Waals surface area contributed by atoms with Crippen LogP contribution in [0.25, 0.3) is 0 Å². The quantitative estimate of drug-likeness (QED) is 0.226. The maximum absolute atomic E-state index is 10.8. The van der Waals surface area contributed by atoms with Gasteiger partial charge in [-0.25, -0.2) is 4.99 Å². The summed E-state index contributed by atoms with van der Waals surface area (Å²) in [6.07, 6.45) is 0. The number of benzene rings is 1. The number of nitro groups is 1. The zero-order valence-corrected chi connectivity index (χ0v) is 16.8. The van der Waals surface area contributed by atoms with Crippen LogP contribution in [0, 0.1) is 17.0 Å². The van der Waals surface area contributed by atoms with Crippen molar-refractivity contribution in [2.75, 3.05) is 6.54 Å². The molecule has 8 heteroatoms. The minimum atomic E-state index is -0.393. The van der Waals surface area contributed by atoms with Gasteiger partial charge in [0, 0.05) is 23.6 Å². The van der Waals surface area contributed by atoms with Gasteiger partial charge in [-0.15, -0.1) is 35.3 Å². The van der Waals surface area contributed by atoms with Crippen LogP contribution in [-0.2, 0) is 13.1 Å². The van der Waals surface area contributed by atoms with E-state index in [1.807, 2.05) is 13.0 Å². The number of guanidine groups is 1. The van der Waals surface area contributed by atoms with Gasteiger partial charge in [-0.05, 0) is 36.4 Å². The number of non-ortho nitro benzene ring substituents is 1. The monoisotopic (exact) mass is 460 g/mol. The molecule has 0 saturated carbocycles. The van der Waals surface area contributed by atoms with Gasteiger partial charge in [-0.1, -0.05) is 12.1 Å². The lowest BCUT2D eigenvalue weighted by atomic mass is 10.2. The third-order valence-electron chi connectivity index (χ3n) is 3.27. The highest BCUT2D eigenvalue weighted by atomic mass is 127. The summed E-state index contributed by atoms with van der Waals surface area (Å²) in [4.78, 5) is 16.2. The van der Waals surface area contributed by atoms with Gasteiger partial charge in [0.1, 0.15) is 0 Å². The molecule has 0 atom stereocenters. The van der Waals surface area contributed by atoms with Crippen LogP contribution in [0.3, 0.4) is 0 Å². The molecule has 2 aromatic rings. The first-order valence-electron chi connectivity index (χ1n) is 7.38. The fourth-order valence-corrected chi connectivity index (χ4v) is 2.88. The SMILES string of the molecule is CCNC(=NCc1cccc([N+](=O)[O-])c1)NCc1sccc1C.I. The van der Waals surface area contributed by atoms with Crippen LogP contribution in [-0.4, -0.2) is 17.4 Å². The number of aryl methyl sites for hydroxylation is 1. The number of halogens is 1. The van der Waals surface area contributed by atoms with Crippen LogP contribution >= 0.6 is 35.3 Å². The van der Waals surface area contributed by atoms with Gasteiger partial charge in [0.05, 0.1) is 18.0 Å². The number of nitrogens with one attached hydrogen (secondary N) is 2. The van der Waals surface area contributed by atoms with Gasteiger partial charge in [-0.2, -0.15) is 0 Å². The first-order chi connectivity index (χ1) is 11.1. The van der Waals surface area contributed by atoms with Crippen molar-refractivity contribution in [1.29, 1.82) is 0 Å². The lowest BCUT2D eigenvalue weighted by Crippen LogP contribution is -2.36. The van der Waals surface area contributed by atoms with E-state index in [1.165, 1.54) is 16.5 Å². The average molecular weight is 460 g/mol. The fourth-order valence-electron chi connectivity index (χ4n) is 2.03. The normalized spacial score (nSPS) is 10.8. The molecule has 6 nitrogen and oxygen atoms in total. The van der Waals surface area contributed by atoms with Gasteiger partial charge >= 0.3 is 0 Å². The van der Waals surface area contributed by atoms with Crippen molar-refractivity contribution in [3.63, 3.8) is 0 Å². The Bertz CT molecular complexity index is 703. The Morgan fingerprint density at radius 1 is 1.33 bits per heavy atom. The Morgan fingerprint density at radius 2 is 2.12 bits per heavy atom. The molecule has 0 unspecified atom stereocenters. The van der Waals surface area contributed by atoms with E-state index in [0.717, 1.165) is 12.1 Å². The van der Waals surface area contributed by atoms with Crippen LogP contribution in [0.4, 0.5) is 5.69 Å². The first kappa shape index (κ1) is 20.4. The van der Waals surface area contributed by atoms with E-state index in [1.54, 1.807) is 23.5 Å². The molecule has 0 radical (unpaired) electrons. The standard InChI is InChI=1S/C16H20N4O2S.HI/c1-3-17-16(19-11-15-12(2)7-8-23-15)18-10-13-5-4-6-14(9-13)20(21)22;/h4-9H,3,10-11H2,1-2H3,(H2,17,18,19);1H. The molecule has 1 aromatic heterocycles. The molecule has 2 N–H and O–H groups in total. The lowest BCUT2D eigenvalue weighted by Gasteiger charge is -2.11. The van der Waals surface area contributed by atoms with E-state index in [0.29, 0.717) is 19.0 Å². The van der Waals surface area contributed by atoms with Crippen molar-refractivity contribution in [2.24, 2.45) is 4.99 Å². The molecule has 0 aliphatic rings. The molecule has 0 aliphatic carbocycles. The van der Waals surface area contributed by atoms with Crippen LogP contribution < -0.4 is 10.6 Å². The number of nitrogens with zero attached hydrogens (tertiary/aromatic N) is 2. The lowest BCUT2D eigenvalue weighted by molar-refractivity contribution is -0.384. The fraction of sp³-hybridized carbons (Fsp3) is 0.312. The predicted octanol–water partition coefficient (Wildman–Crippen LogP) is 3.84. The van der Waals surface area contributed by atoms with E-state index in [9.17, 15) is 10.1 Å². The van der Waals surface area contributed by atoms with E-state index >= 15 is 0 Å². The van der Waals surface area contributed by atoms with E-state index < -0.39 is 4.92 Å². The van der Waals surface area contributed by atoms with Gasteiger partial charge in [0.25, 0.3) is 5.69 Å². The number of hydrogen-bond donors (Lipinski definition) is 2. The Labute approximate surface area is 162 Å². The van der Waals surface area contributed by atoms with Crippen molar-refractivity contribution in [1.82, 2.24) is 10.6 Å². The summed E-state index contributed by atoms with van der Waals surface area (Å²) in [7, 11) is 0. The maximum Gasteiger partial charge on any atom is 0.269 e. The van der Waals surface area contributed by atoms with E-state index in [2.05, 4.69) is 34.0 Å². The molecule has 24 heavy (non-hydrogen) atoms. The molecule has 0 fully saturated rings. The number of aliphatic imine (C=N–C) groups is 1. The van der Waals surface area contributed by atoms with Crippen LogP contribution in [0.2, 0.25) is 0 Å². The highest BCUT2D eigenvalue weighted by Gasteiger charge is 2.06. The third kappa shape index (κ3) is 6.08. The summed E-state index contributed by atoms with van der Waals surface area (Å²) < 4.78 is 0. The smallest absolute Gasteiger partial charge is 0.269 e. The Balaban J connectivity index is 0.00000288.